The van der Waals surface area contributed by atoms with Gasteiger partial charge in [-0.15, -0.1) is 0 Å². The van der Waals surface area contributed by atoms with Gasteiger partial charge < -0.3 is 5.32 Å². The molecule has 1 aromatic rings. The number of carbonyl (C=O) groups excluding carboxylic acids is 3. The van der Waals surface area contributed by atoms with E-state index in [1.54, 1.807) is 37.8 Å². The van der Waals surface area contributed by atoms with E-state index in [1.165, 1.54) is 11.6 Å². The maximum absolute atomic E-state index is 12.4. The summed E-state index contributed by atoms with van der Waals surface area (Å²) in [5.41, 5.74) is 0.593. The van der Waals surface area contributed by atoms with E-state index >= 15 is 0 Å². The fraction of sp³-hybridized carbons (Fsp3) is 0.471. The molecule has 1 aromatic heterocycles. The molecule has 8 nitrogen and oxygen atoms in total. The number of urea groups is 1. The molecule has 2 aliphatic rings. The van der Waals surface area contributed by atoms with Gasteiger partial charge in [0.1, 0.15) is 6.21 Å². The van der Waals surface area contributed by atoms with Crippen LogP contribution in [0.2, 0.25) is 0 Å². The average molecular weight is 344 g/mol. The number of nitrogens with one attached hydrogen (secondary N) is 1. The topological polar surface area (TPSA) is 85.6 Å². The number of amides is 4. The maximum atomic E-state index is 12.4. The molecule has 0 aromatic carbocycles. The van der Waals surface area contributed by atoms with E-state index in [4.69, 9.17) is 0 Å². The molecule has 0 radical (unpaired) electrons. The van der Waals surface area contributed by atoms with Crippen molar-refractivity contribution in [2.75, 3.05) is 27.2 Å². The molecule has 3 heterocycles. The Balaban J connectivity index is 1.58. The van der Waals surface area contributed by atoms with Crippen molar-refractivity contribution in [1.29, 1.82) is 0 Å². The molecule has 25 heavy (non-hydrogen) atoms. The van der Waals surface area contributed by atoms with Gasteiger partial charge in [0, 0.05) is 37.1 Å². The molecule has 1 unspecified atom stereocenters. The largest absolute Gasteiger partial charge is 0.500 e. The van der Waals surface area contributed by atoms with Crippen LogP contribution in [-0.4, -0.2) is 82.7 Å². The smallest absolute Gasteiger partial charge is 0.349 e. The zero-order valence-electron chi connectivity index (χ0n) is 14.4. The van der Waals surface area contributed by atoms with Crippen molar-refractivity contribution in [3.05, 3.63) is 30.1 Å². The third-order valence-electron chi connectivity index (χ3n) is 4.74. The van der Waals surface area contributed by atoms with Crippen molar-refractivity contribution in [2.24, 2.45) is 0 Å². The lowest BCUT2D eigenvalue weighted by molar-refractivity contribution is -0.401. The third-order valence-corrected chi connectivity index (χ3v) is 4.74. The normalized spacial score (nSPS) is 22.7. The van der Waals surface area contributed by atoms with Gasteiger partial charge in [-0.05, 0) is 25.0 Å². The average Bonchev–Trinajstić information content (AvgIpc) is 2.64. The van der Waals surface area contributed by atoms with Crippen LogP contribution >= 0.6 is 0 Å². The first-order chi connectivity index (χ1) is 12.0. The number of rotatable bonds is 3. The van der Waals surface area contributed by atoms with Gasteiger partial charge in [-0.1, -0.05) is 0 Å². The van der Waals surface area contributed by atoms with Crippen molar-refractivity contribution in [3.8, 4) is 0 Å². The van der Waals surface area contributed by atoms with E-state index in [9.17, 15) is 14.4 Å². The summed E-state index contributed by atoms with van der Waals surface area (Å²) in [6.45, 7) is 1.37. The minimum atomic E-state index is -0.426. The third kappa shape index (κ3) is 3.58. The molecular formula is C17H22N5O3+. The van der Waals surface area contributed by atoms with Crippen LogP contribution < -0.4 is 5.32 Å². The molecule has 0 bridgehead atoms. The van der Waals surface area contributed by atoms with Crippen molar-refractivity contribution < 1.29 is 19.0 Å². The van der Waals surface area contributed by atoms with Crippen molar-refractivity contribution in [1.82, 2.24) is 20.1 Å². The second-order valence-corrected chi connectivity index (χ2v) is 6.40. The summed E-state index contributed by atoms with van der Waals surface area (Å²) >= 11 is 0. The first-order valence-corrected chi connectivity index (χ1v) is 8.31. The molecule has 1 N–H and O–H groups in total. The van der Waals surface area contributed by atoms with Crippen LogP contribution in [0.15, 0.2) is 24.5 Å². The molecule has 0 saturated carbocycles. The van der Waals surface area contributed by atoms with Gasteiger partial charge in [-0.3, -0.25) is 14.7 Å². The Bertz CT molecular complexity index is 710. The Kier molecular flexibility index (Phi) is 4.89. The van der Waals surface area contributed by atoms with Crippen molar-refractivity contribution >= 4 is 24.1 Å². The fourth-order valence-corrected chi connectivity index (χ4v) is 3.21. The number of imide groups is 1. The number of likely N-dealkylation sites (tertiary alicyclic amines) is 1. The Hall–Kier alpha value is -2.61. The minimum absolute atomic E-state index is 0.0766. The van der Waals surface area contributed by atoms with Crippen LogP contribution in [-0.2, 0) is 4.79 Å². The molecule has 0 aliphatic carbocycles. The van der Waals surface area contributed by atoms with Gasteiger partial charge in [0.05, 0.1) is 14.1 Å². The number of hydrogen-bond acceptors (Lipinski definition) is 5. The molecule has 1 saturated heterocycles. The standard InChI is InChI=1S/C17H21N5O3/c1-20-11-14(16(24)21(2)17(20)25)22-9-5-13(6-10-22)19-15(23)12-3-7-18-8-4-12/h3-4,7-8,11,13-14H,5-6,9-10H2,1-2H3/p+1. The summed E-state index contributed by atoms with van der Waals surface area (Å²) in [6.07, 6.45) is 6.37. The van der Waals surface area contributed by atoms with Gasteiger partial charge in [0.2, 0.25) is 0 Å². The first-order valence-electron chi connectivity index (χ1n) is 8.31. The quantitative estimate of drug-likeness (QED) is 0.777. The van der Waals surface area contributed by atoms with Crippen LogP contribution in [0.4, 0.5) is 4.79 Å². The molecule has 132 valence electrons. The second-order valence-electron chi connectivity index (χ2n) is 6.40. The van der Waals surface area contributed by atoms with Crippen molar-refractivity contribution in [2.45, 2.75) is 24.9 Å². The molecule has 4 amide bonds. The van der Waals surface area contributed by atoms with Crippen LogP contribution in [0.25, 0.3) is 0 Å². The summed E-state index contributed by atoms with van der Waals surface area (Å²) in [4.78, 5) is 43.5. The van der Waals surface area contributed by atoms with Crippen LogP contribution in [0, 0.1) is 0 Å². The van der Waals surface area contributed by atoms with Gasteiger partial charge in [0.25, 0.3) is 5.91 Å². The van der Waals surface area contributed by atoms with Crippen LogP contribution in [0.1, 0.15) is 23.2 Å². The van der Waals surface area contributed by atoms with E-state index in [2.05, 4.69) is 15.2 Å². The number of likely N-dealkylation sites (N-methyl/N-ethyl adjacent to an activating group) is 1. The van der Waals surface area contributed by atoms with Crippen molar-refractivity contribution in [3.63, 3.8) is 0 Å². The second kappa shape index (κ2) is 7.10. The Morgan fingerprint density at radius 1 is 1.24 bits per heavy atom. The molecule has 8 heteroatoms. The Morgan fingerprint density at radius 2 is 1.88 bits per heavy atom. The summed E-state index contributed by atoms with van der Waals surface area (Å²) in [5.74, 6) is -0.311. The predicted octanol–water partition coefficient (Wildman–Crippen LogP) is -0.0505. The first kappa shape index (κ1) is 17.2. The zero-order valence-corrected chi connectivity index (χ0v) is 14.4. The fourth-order valence-electron chi connectivity index (χ4n) is 3.21. The molecule has 3 rings (SSSR count). The highest BCUT2D eigenvalue weighted by Crippen LogP contribution is 2.16. The number of piperidine rings is 1. The zero-order chi connectivity index (χ0) is 18.0. The van der Waals surface area contributed by atoms with E-state index < -0.39 is 6.04 Å². The van der Waals surface area contributed by atoms with Crippen LogP contribution in [0.3, 0.4) is 0 Å². The Morgan fingerprint density at radius 3 is 2.52 bits per heavy atom. The van der Waals surface area contributed by atoms with E-state index in [-0.39, 0.29) is 23.9 Å². The summed E-state index contributed by atoms with van der Waals surface area (Å²) in [5, 5.41) is 3.03. The number of pyridine rings is 1. The molecule has 1 atom stereocenters. The highest BCUT2D eigenvalue weighted by Gasteiger charge is 2.42. The van der Waals surface area contributed by atoms with E-state index in [0.29, 0.717) is 18.7 Å². The van der Waals surface area contributed by atoms with E-state index in [0.717, 1.165) is 17.7 Å². The van der Waals surface area contributed by atoms with Gasteiger partial charge in [-0.2, -0.15) is 9.69 Å². The van der Waals surface area contributed by atoms with Gasteiger partial charge >= 0.3 is 11.9 Å². The molecule has 0 spiro atoms. The molecule has 1 fully saturated rings. The van der Waals surface area contributed by atoms with Gasteiger partial charge in [-0.25, -0.2) is 9.37 Å². The number of hydrogen-bond donors (Lipinski definition) is 1. The highest BCUT2D eigenvalue weighted by molar-refractivity contribution is 6.06. The lowest BCUT2D eigenvalue weighted by Gasteiger charge is -2.36. The maximum Gasteiger partial charge on any atom is 0.500 e. The summed E-state index contributed by atoms with van der Waals surface area (Å²) in [6, 6.07) is 2.70. The highest BCUT2D eigenvalue weighted by atomic mass is 16.2. The molecular weight excluding hydrogens is 322 g/mol. The lowest BCUT2D eigenvalue weighted by atomic mass is 10.0. The monoisotopic (exact) mass is 344 g/mol. The minimum Gasteiger partial charge on any atom is -0.349 e. The Labute approximate surface area is 146 Å². The predicted molar refractivity (Wildman–Crippen MR) is 90.5 cm³/mol. The number of nitrogens with zero attached hydrogens (tertiary/aromatic N) is 4. The number of carbonyl (C=O) groups is 3. The lowest BCUT2D eigenvalue weighted by Crippen LogP contribution is -2.59. The summed E-state index contributed by atoms with van der Waals surface area (Å²) < 4.78 is 1.45. The summed E-state index contributed by atoms with van der Waals surface area (Å²) in [7, 11) is 3.16. The SMILES string of the molecule is CN1C(=O)C(N2CCC(NC(=O)c3ccncc3)CC2)C=[N+](C)C1=O. The number of aromatic nitrogens is 1. The molecule has 2 aliphatic heterocycles. The van der Waals surface area contributed by atoms with E-state index in [1.807, 2.05) is 0 Å². The van der Waals surface area contributed by atoms with Crippen LogP contribution in [0.5, 0.6) is 0 Å². The van der Waals surface area contributed by atoms with Gasteiger partial charge in [0.15, 0.2) is 6.04 Å².